The van der Waals surface area contributed by atoms with Crippen molar-refractivity contribution in [1.29, 1.82) is 0 Å². The van der Waals surface area contributed by atoms with Crippen LogP contribution in [0.3, 0.4) is 0 Å². The molecule has 0 aliphatic carbocycles. The minimum atomic E-state index is -4.22. The number of nitrogens with zero attached hydrogens (tertiary/aromatic N) is 2. The molecule has 11 heteroatoms. The lowest BCUT2D eigenvalue weighted by Gasteiger charge is -2.34. The number of likely N-dealkylation sites (N-methyl/N-ethyl adjacent to an activating group) is 1. The van der Waals surface area contributed by atoms with Gasteiger partial charge in [0, 0.05) is 19.5 Å². The summed E-state index contributed by atoms with van der Waals surface area (Å²) >= 11 is 12.4. The standard InChI is InChI=1S/C33H33Cl2N3O5S/c1-3-36-33(40)31(21-24-10-6-4-7-11-24)37(22-25-14-19-29(34)30(35)20-25)32(39)23-38(26-12-8-5-9-13-26)44(41,42)28-17-15-27(43-2)16-18-28/h4-20,31H,3,21-23H2,1-2H3,(H,36,40)/t31-/m1/s1. The molecule has 0 aliphatic rings. The molecule has 4 rings (SSSR count). The molecule has 0 unspecified atom stereocenters. The second-order valence-corrected chi connectivity index (χ2v) is 12.6. The minimum Gasteiger partial charge on any atom is -0.497 e. The van der Waals surface area contributed by atoms with Crippen molar-refractivity contribution in [2.75, 3.05) is 24.5 Å². The molecule has 1 N–H and O–H groups in total. The smallest absolute Gasteiger partial charge is 0.264 e. The number of nitrogens with one attached hydrogen (secondary N) is 1. The van der Waals surface area contributed by atoms with Crippen LogP contribution in [-0.2, 0) is 32.6 Å². The van der Waals surface area contributed by atoms with Crippen LogP contribution >= 0.6 is 23.2 Å². The number of hydrogen-bond acceptors (Lipinski definition) is 5. The Balaban J connectivity index is 1.78. The number of carbonyl (C=O) groups is 2. The third-order valence-electron chi connectivity index (χ3n) is 6.93. The van der Waals surface area contributed by atoms with Gasteiger partial charge in [0.2, 0.25) is 11.8 Å². The second kappa shape index (κ2) is 15.1. The summed E-state index contributed by atoms with van der Waals surface area (Å²) in [5, 5.41) is 3.48. The quantitative estimate of drug-likeness (QED) is 0.192. The summed E-state index contributed by atoms with van der Waals surface area (Å²) in [6, 6.07) is 27.6. The summed E-state index contributed by atoms with van der Waals surface area (Å²) < 4.78 is 34.3. The van der Waals surface area contributed by atoms with Crippen molar-refractivity contribution >= 4 is 50.7 Å². The number of halogens is 2. The maximum absolute atomic E-state index is 14.4. The number of para-hydroxylation sites is 1. The van der Waals surface area contributed by atoms with Gasteiger partial charge in [-0.25, -0.2) is 8.42 Å². The Kier molecular flexibility index (Phi) is 11.3. The van der Waals surface area contributed by atoms with Crippen LogP contribution in [0.2, 0.25) is 10.0 Å². The number of benzene rings is 4. The van der Waals surface area contributed by atoms with Crippen molar-refractivity contribution in [3.05, 3.63) is 124 Å². The van der Waals surface area contributed by atoms with Gasteiger partial charge in [0.15, 0.2) is 0 Å². The topological polar surface area (TPSA) is 96.0 Å². The highest BCUT2D eigenvalue weighted by Crippen LogP contribution is 2.27. The molecule has 0 heterocycles. The number of carbonyl (C=O) groups excluding carboxylic acids is 2. The Morgan fingerprint density at radius 2 is 1.48 bits per heavy atom. The maximum Gasteiger partial charge on any atom is 0.264 e. The predicted molar refractivity (Wildman–Crippen MR) is 174 cm³/mol. The van der Waals surface area contributed by atoms with Crippen molar-refractivity contribution in [1.82, 2.24) is 10.2 Å². The van der Waals surface area contributed by atoms with Gasteiger partial charge in [-0.3, -0.25) is 13.9 Å². The Labute approximate surface area is 268 Å². The predicted octanol–water partition coefficient (Wildman–Crippen LogP) is 5.97. The molecule has 1 atom stereocenters. The first-order valence-corrected chi connectivity index (χ1v) is 16.1. The van der Waals surface area contributed by atoms with E-state index in [-0.39, 0.29) is 23.8 Å². The molecule has 0 aliphatic heterocycles. The van der Waals surface area contributed by atoms with E-state index in [0.717, 1.165) is 9.87 Å². The van der Waals surface area contributed by atoms with Crippen molar-refractivity contribution in [3.8, 4) is 5.75 Å². The Morgan fingerprint density at radius 1 is 0.841 bits per heavy atom. The highest BCUT2D eigenvalue weighted by atomic mass is 35.5. The number of sulfonamides is 1. The van der Waals surface area contributed by atoms with Gasteiger partial charge in [0.1, 0.15) is 18.3 Å². The van der Waals surface area contributed by atoms with Crippen molar-refractivity contribution in [3.63, 3.8) is 0 Å². The largest absolute Gasteiger partial charge is 0.497 e. The average molecular weight is 655 g/mol. The molecule has 0 saturated heterocycles. The number of hydrogen-bond donors (Lipinski definition) is 1. The number of ether oxygens (including phenoxy) is 1. The Hall–Kier alpha value is -4.05. The van der Waals surface area contributed by atoms with Crippen LogP contribution < -0.4 is 14.4 Å². The van der Waals surface area contributed by atoms with E-state index in [1.54, 1.807) is 67.6 Å². The van der Waals surface area contributed by atoms with Crippen LogP contribution in [-0.4, -0.2) is 51.4 Å². The highest BCUT2D eigenvalue weighted by Gasteiger charge is 2.34. The van der Waals surface area contributed by atoms with Crippen LogP contribution in [0.1, 0.15) is 18.1 Å². The van der Waals surface area contributed by atoms with E-state index in [9.17, 15) is 18.0 Å². The van der Waals surface area contributed by atoms with Crippen LogP contribution in [0.5, 0.6) is 5.75 Å². The van der Waals surface area contributed by atoms with E-state index in [0.29, 0.717) is 33.6 Å². The van der Waals surface area contributed by atoms with E-state index >= 15 is 0 Å². The molecule has 4 aromatic carbocycles. The van der Waals surface area contributed by atoms with Crippen LogP contribution in [0.4, 0.5) is 5.69 Å². The first kappa shape index (κ1) is 32.9. The molecule has 0 fully saturated rings. The third kappa shape index (κ3) is 8.11. The van der Waals surface area contributed by atoms with Gasteiger partial charge in [0.05, 0.1) is 27.7 Å². The molecule has 2 amide bonds. The lowest BCUT2D eigenvalue weighted by molar-refractivity contribution is -0.140. The van der Waals surface area contributed by atoms with Crippen molar-refractivity contribution in [2.45, 2.75) is 30.8 Å². The summed E-state index contributed by atoms with van der Waals surface area (Å²) in [5.41, 5.74) is 1.75. The molecule has 4 aromatic rings. The number of methoxy groups -OCH3 is 1. The number of rotatable bonds is 13. The highest BCUT2D eigenvalue weighted by molar-refractivity contribution is 7.92. The molecular formula is C33H33Cl2N3O5S. The molecule has 0 radical (unpaired) electrons. The molecule has 0 aromatic heterocycles. The molecule has 44 heavy (non-hydrogen) atoms. The zero-order valence-electron chi connectivity index (χ0n) is 24.3. The normalized spacial score (nSPS) is 11.8. The fraction of sp³-hybridized carbons (Fsp3) is 0.212. The fourth-order valence-electron chi connectivity index (χ4n) is 4.68. The van der Waals surface area contributed by atoms with Gasteiger partial charge in [-0.15, -0.1) is 0 Å². The summed E-state index contributed by atoms with van der Waals surface area (Å²) in [6.07, 6.45) is 0.205. The molecule has 0 saturated carbocycles. The number of amides is 2. The Morgan fingerprint density at radius 3 is 2.07 bits per heavy atom. The van der Waals surface area contributed by atoms with E-state index in [1.807, 2.05) is 30.3 Å². The van der Waals surface area contributed by atoms with Crippen molar-refractivity contribution in [2.24, 2.45) is 0 Å². The van der Waals surface area contributed by atoms with Crippen LogP contribution in [0.25, 0.3) is 0 Å². The van der Waals surface area contributed by atoms with E-state index in [1.165, 1.54) is 24.1 Å². The average Bonchev–Trinajstić information content (AvgIpc) is 3.04. The molecule has 0 spiro atoms. The molecule has 230 valence electrons. The third-order valence-corrected chi connectivity index (χ3v) is 9.46. The van der Waals surface area contributed by atoms with Gasteiger partial charge >= 0.3 is 0 Å². The SMILES string of the molecule is CCNC(=O)[C@@H](Cc1ccccc1)N(Cc1ccc(Cl)c(Cl)c1)C(=O)CN(c1ccccc1)S(=O)(=O)c1ccc(OC)cc1. The maximum atomic E-state index is 14.4. The van der Waals surface area contributed by atoms with Gasteiger partial charge in [-0.1, -0.05) is 77.8 Å². The Bertz CT molecular complexity index is 1670. The van der Waals surface area contributed by atoms with Crippen LogP contribution in [0, 0.1) is 0 Å². The lowest BCUT2D eigenvalue weighted by atomic mass is 10.0. The lowest BCUT2D eigenvalue weighted by Crippen LogP contribution is -2.53. The first-order valence-electron chi connectivity index (χ1n) is 13.9. The monoisotopic (exact) mass is 653 g/mol. The summed E-state index contributed by atoms with van der Waals surface area (Å²) in [5.74, 6) is -0.456. The fourth-order valence-corrected chi connectivity index (χ4v) is 6.41. The van der Waals surface area contributed by atoms with Gasteiger partial charge in [-0.2, -0.15) is 0 Å². The molecule has 8 nitrogen and oxygen atoms in total. The van der Waals surface area contributed by atoms with Gasteiger partial charge in [0.25, 0.3) is 10.0 Å². The summed E-state index contributed by atoms with van der Waals surface area (Å²) in [7, 11) is -2.73. The zero-order valence-corrected chi connectivity index (χ0v) is 26.6. The second-order valence-electron chi connectivity index (χ2n) is 9.89. The molecular weight excluding hydrogens is 621 g/mol. The van der Waals surface area contributed by atoms with Crippen LogP contribution in [0.15, 0.2) is 108 Å². The van der Waals surface area contributed by atoms with Crippen molar-refractivity contribution < 1.29 is 22.7 Å². The van der Waals surface area contributed by atoms with Gasteiger partial charge < -0.3 is 15.0 Å². The van der Waals surface area contributed by atoms with E-state index in [4.69, 9.17) is 27.9 Å². The van der Waals surface area contributed by atoms with Gasteiger partial charge in [-0.05, 0) is 66.6 Å². The molecule has 0 bridgehead atoms. The van der Waals surface area contributed by atoms with E-state index < -0.39 is 28.5 Å². The summed E-state index contributed by atoms with van der Waals surface area (Å²) in [4.78, 5) is 29.3. The number of anilines is 1. The first-order chi connectivity index (χ1) is 21.1. The van der Waals surface area contributed by atoms with E-state index in [2.05, 4.69) is 5.32 Å². The summed E-state index contributed by atoms with van der Waals surface area (Å²) in [6.45, 7) is 1.56. The minimum absolute atomic E-state index is 0.0180. The zero-order chi connectivity index (χ0) is 31.7.